The molecule has 0 bridgehead atoms. The van der Waals surface area contributed by atoms with Gasteiger partial charge < -0.3 is 0 Å². The highest BCUT2D eigenvalue weighted by Crippen LogP contribution is 2.31. The monoisotopic (exact) mass is 319 g/mol. The van der Waals surface area contributed by atoms with E-state index in [2.05, 4.69) is 15.5 Å². The number of nitrogens with one attached hydrogen (secondary N) is 1. The first kappa shape index (κ1) is 15.7. The van der Waals surface area contributed by atoms with Gasteiger partial charge in [0.15, 0.2) is 0 Å². The summed E-state index contributed by atoms with van der Waals surface area (Å²) in [5.74, 6) is 5.50. The molecule has 0 saturated carbocycles. The van der Waals surface area contributed by atoms with Crippen LogP contribution in [0.25, 0.3) is 0 Å². The maximum Gasteiger partial charge on any atom is 0.417 e. The zero-order chi connectivity index (χ0) is 15.6. The van der Waals surface area contributed by atoms with Gasteiger partial charge in [0, 0.05) is 12.7 Å². The Labute approximate surface area is 123 Å². The molecule has 0 fully saturated rings. The van der Waals surface area contributed by atoms with E-state index in [1.807, 2.05) is 6.92 Å². The van der Waals surface area contributed by atoms with Crippen LogP contribution < -0.4 is 11.3 Å². The van der Waals surface area contributed by atoms with E-state index >= 15 is 0 Å². The van der Waals surface area contributed by atoms with Crippen molar-refractivity contribution >= 4 is 11.6 Å². The van der Waals surface area contributed by atoms with Crippen LogP contribution in [0, 0.1) is 0 Å². The molecule has 0 radical (unpaired) electrons. The van der Waals surface area contributed by atoms with Crippen LogP contribution >= 0.6 is 11.6 Å². The predicted molar refractivity (Wildman–Crippen MR) is 71.3 cm³/mol. The molecule has 0 aliphatic rings. The molecule has 0 aliphatic heterocycles. The van der Waals surface area contributed by atoms with Gasteiger partial charge in [0.2, 0.25) is 0 Å². The predicted octanol–water partition coefficient (Wildman–Crippen LogP) is 2.52. The summed E-state index contributed by atoms with van der Waals surface area (Å²) >= 11 is 6.06. The summed E-state index contributed by atoms with van der Waals surface area (Å²) in [6.07, 6.45) is -2.21. The van der Waals surface area contributed by atoms with Crippen molar-refractivity contribution < 1.29 is 13.2 Å². The fourth-order valence-corrected chi connectivity index (χ4v) is 2.21. The van der Waals surface area contributed by atoms with Crippen molar-refractivity contribution in [2.75, 3.05) is 0 Å². The van der Waals surface area contributed by atoms with E-state index in [9.17, 15) is 13.2 Å². The summed E-state index contributed by atoms with van der Waals surface area (Å²) < 4.78 is 39.2. The summed E-state index contributed by atoms with van der Waals surface area (Å²) in [5.41, 5.74) is 2.56. The molecule has 0 saturated heterocycles. The maximum atomic E-state index is 12.5. The van der Waals surface area contributed by atoms with Gasteiger partial charge in [-0.3, -0.25) is 15.5 Å². The first-order chi connectivity index (χ1) is 9.88. The third-order valence-corrected chi connectivity index (χ3v) is 3.27. The molecule has 21 heavy (non-hydrogen) atoms. The fourth-order valence-electron chi connectivity index (χ4n) is 1.96. The summed E-state index contributed by atoms with van der Waals surface area (Å²) in [6.45, 7) is 2.40. The van der Waals surface area contributed by atoms with E-state index in [-0.39, 0.29) is 0 Å². The van der Waals surface area contributed by atoms with Crippen molar-refractivity contribution in [3.63, 3.8) is 0 Å². The Morgan fingerprint density at radius 3 is 2.57 bits per heavy atom. The first-order valence-corrected chi connectivity index (χ1v) is 6.46. The van der Waals surface area contributed by atoms with E-state index in [1.165, 1.54) is 12.3 Å². The van der Waals surface area contributed by atoms with Crippen LogP contribution in [0.15, 0.2) is 24.5 Å². The number of rotatable bonds is 4. The van der Waals surface area contributed by atoms with Crippen LogP contribution in [-0.4, -0.2) is 14.8 Å². The smallest absolute Gasteiger partial charge is 0.270 e. The van der Waals surface area contributed by atoms with Crippen LogP contribution in [0.2, 0.25) is 5.02 Å². The van der Waals surface area contributed by atoms with Gasteiger partial charge >= 0.3 is 6.18 Å². The molecule has 2 aromatic heterocycles. The average molecular weight is 320 g/mol. The zero-order valence-electron chi connectivity index (χ0n) is 11.0. The summed E-state index contributed by atoms with van der Waals surface area (Å²) in [5, 5.41) is 4.43. The summed E-state index contributed by atoms with van der Waals surface area (Å²) in [7, 11) is 0. The summed E-state index contributed by atoms with van der Waals surface area (Å²) in [4.78, 5) is 3.83. The molecule has 2 aromatic rings. The Kier molecular flexibility index (Phi) is 4.50. The summed E-state index contributed by atoms with van der Waals surface area (Å²) in [6, 6.07) is 1.56. The van der Waals surface area contributed by atoms with Crippen LogP contribution in [0.3, 0.4) is 0 Å². The van der Waals surface area contributed by atoms with Gasteiger partial charge in [-0.05, 0) is 19.1 Å². The van der Waals surface area contributed by atoms with Crippen molar-refractivity contribution in [3.8, 4) is 0 Å². The SMILES string of the molecule is CCn1ncc(Cl)c1C(NN)c1ccc(C(F)(F)F)cn1. The number of hydrogen-bond donors (Lipinski definition) is 2. The average Bonchev–Trinajstić information content (AvgIpc) is 2.81. The van der Waals surface area contributed by atoms with Crippen LogP contribution in [-0.2, 0) is 12.7 Å². The topological polar surface area (TPSA) is 68.8 Å². The van der Waals surface area contributed by atoms with Gasteiger partial charge in [0.05, 0.1) is 28.2 Å². The first-order valence-electron chi connectivity index (χ1n) is 6.09. The Bertz CT molecular complexity index is 608. The van der Waals surface area contributed by atoms with Gasteiger partial charge in [-0.1, -0.05) is 11.6 Å². The zero-order valence-corrected chi connectivity index (χ0v) is 11.8. The van der Waals surface area contributed by atoms with Crippen molar-refractivity contribution in [1.82, 2.24) is 20.2 Å². The number of hydrogen-bond acceptors (Lipinski definition) is 4. The molecule has 2 heterocycles. The Morgan fingerprint density at radius 2 is 2.10 bits per heavy atom. The van der Waals surface area contributed by atoms with Gasteiger partial charge in [-0.15, -0.1) is 0 Å². The minimum Gasteiger partial charge on any atom is -0.270 e. The Hall–Kier alpha value is -1.64. The molecule has 1 unspecified atom stereocenters. The second-order valence-corrected chi connectivity index (χ2v) is 4.67. The molecule has 5 nitrogen and oxygen atoms in total. The van der Waals surface area contributed by atoms with Crippen molar-refractivity contribution in [3.05, 3.63) is 46.5 Å². The number of halogens is 4. The Balaban J connectivity index is 2.40. The molecule has 1 atom stereocenters. The van der Waals surface area contributed by atoms with Gasteiger partial charge in [-0.25, -0.2) is 5.43 Å². The van der Waals surface area contributed by atoms with Crippen molar-refractivity contribution in [1.29, 1.82) is 0 Å². The number of aryl methyl sites for hydroxylation is 1. The molecule has 2 rings (SSSR count). The Morgan fingerprint density at radius 1 is 1.38 bits per heavy atom. The largest absolute Gasteiger partial charge is 0.417 e. The van der Waals surface area contributed by atoms with Crippen LogP contribution in [0.5, 0.6) is 0 Å². The number of alkyl halides is 3. The van der Waals surface area contributed by atoms with Crippen LogP contribution in [0.1, 0.15) is 29.9 Å². The molecule has 3 N–H and O–H groups in total. The van der Waals surface area contributed by atoms with Gasteiger partial charge in [-0.2, -0.15) is 18.3 Å². The lowest BCUT2D eigenvalue weighted by Gasteiger charge is -2.18. The molecule has 0 spiro atoms. The highest BCUT2D eigenvalue weighted by molar-refractivity contribution is 6.31. The van der Waals surface area contributed by atoms with E-state index in [0.717, 1.165) is 12.3 Å². The minimum atomic E-state index is -4.43. The standard InChI is InChI=1S/C12H13ClF3N5/c1-2-21-11(8(13)6-19-21)10(20-17)9-4-3-7(5-18-9)12(14,15)16/h3-6,10,20H,2,17H2,1H3. The van der Waals surface area contributed by atoms with E-state index in [4.69, 9.17) is 17.4 Å². The number of hydrazine groups is 1. The highest BCUT2D eigenvalue weighted by atomic mass is 35.5. The molecule has 114 valence electrons. The lowest BCUT2D eigenvalue weighted by molar-refractivity contribution is -0.137. The van der Waals surface area contributed by atoms with Crippen molar-refractivity contribution in [2.24, 2.45) is 5.84 Å². The van der Waals surface area contributed by atoms with Crippen molar-refractivity contribution in [2.45, 2.75) is 25.7 Å². The minimum absolute atomic E-state index is 0.322. The molecule has 0 aromatic carbocycles. The molecule has 0 amide bonds. The third-order valence-electron chi connectivity index (χ3n) is 2.98. The second kappa shape index (κ2) is 6.00. The van der Waals surface area contributed by atoms with E-state index in [0.29, 0.717) is 23.0 Å². The van der Waals surface area contributed by atoms with Gasteiger partial charge in [0.25, 0.3) is 0 Å². The fraction of sp³-hybridized carbons (Fsp3) is 0.333. The number of aromatic nitrogens is 3. The number of nitrogens with two attached hydrogens (primary N) is 1. The second-order valence-electron chi connectivity index (χ2n) is 4.26. The molecule has 9 heteroatoms. The number of pyridine rings is 1. The molecule has 0 aliphatic carbocycles. The van der Waals surface area contributed by atoms with E-state index < -0.39 is 17.8 Å². The molecular weight excluding hydrogens is 307 g/mol. The van der Waals surface area contributed by atoms with Gasteiger partial charge in [0.1, 0.15) is 6.04 Å². The van der Waals surface area contributed by atoms with E-state index in [1.54, 1.807) is 4.68 Å². The normalized spacial score (nSPS) is 13.4. The highest BCUT2D eigenvalue weighted by Gasteiger charge is 2.31. The maximum absolute atomic E-state index is 12.5. The van der Waals surface area contributed by atoms with Crippen LogP contribution in [0.4, 0.5) is 13.2 Å². The quantitative estimate of drug-likeness (QED) is 0.671. The number of nitrogens with zero attached hydrogens (tertiary/aromatic N) is 3. The lowest BCUT2D eigenvalue weighted by atomic mass is 10.1. The molecular formula is C12H13ClF3N5. The third kappa shape index (κ3) is 3.17. The lowest BCUT2D eigenvalue weighted by Crippen LogP contribution is -2.31.